The fraction of sp³-hybridized carbons (Fsp3) is 0.368. The van der Waals surface area contributed by atoms with Crippen LogP contribution in [0.1, 0.15) is 17.9 Å². The highest BCUT2D eigenvalue weighted by molar-refractivity contribution is 5.83. The highest BCUT2D eigenvalue weighted by Gasteiger charge is 2.40. The number of carbonyl (C=O) groups excluding carboxylic acids is 2. The van der Waals surface area contributed by atoms with Gasteiger partial charge in [0.15, 0.2) is 11.5 Å². The van der Waals surface area contributed by atoms with Crippen LogP contribution in [0.25, 0.3) is 0 Å². The third-order valence-electron chi connectivity index (χ3n) is 3.95. The number of allylic oxidation sites excluding steroid dienone is 4. The maximum absolute atomic E-state index is 10.7. The van der Waals surface area contributed by atoms with Crippen molar-refractivity contribution in [2.75, 3.05) is 28.3 Å². The largest absolute Gasteiger partial charge is 0.505 e. The van der Waals surface area contributed by atoms with E-state index < -0.39 is 12.2 Å². The van der Waals surface area contributed by atoms with Gasteiger partial charge in [0.05, 0.1) is 7.11 Å². The Morgan fingerprint density at radius 3 is 2.55 bits per heavy atom. The highest BCUT2D eigenvalue weighted by atomic mass is 17.0. The molecule has 3 N–H and O–H groups in total. The first-order chi connectivity index (χ1) is 13.7. The van der Waals surface area contributed by atoms with Gasteiger partial charge < -0.3 is 14.2 Å². The molecule has 1 heterocycles. The number of nitrogens with zero attached hydrogens (tertiary/aromatic N) is 2. The number of benzene rings is 1. The second-order valence-corrected chi connectivity index (χ2v) is 6.49. The van der Waals surface area contributed by atoms with Gasteiger partial charge in [-0.1, -0.05) is 24.3 Å². The molecule has 2 aliphatic rings. The zero-order valence-electron chi connectivity index (χ0n) is 16.7. The lowest BCUT2D eigenvalue weighted by Crippen LogP contribution is -2.43. The summed E-state index contributed by atoms with van der Waals surface area (Å²) in [5, 5.41) is 20.2. The molecule has 3 amide bonds. The van der Waals surface area contributed by atoms with Crippen LogP contribution in [-0.2, 0) is 4.79 Å². The van der Waals surface area contributed by atoms with Crippen molar-refractivity contribution in [2.24, 2.45) is 0 Å². The highest BCUT2D eigenvalue weighted by Crippen LogP contribution is 2.47. The molecule has 3 rings (SSSR count). The van der Waals surface area contributed by atoms with Crippen molar-refractivity contribution < 1.29 is 34.0 Å². The van der Waals surface area contributed by atoms with Crippen LogP contribution in [0.2, 0.25) is 0 Å². The Morgan fingerprint density at radius 1 is 1.28 bits per heavy atom. The maximum atomic E-state index is 10.7. The molecule has 0 fully saturated rings. The Balaban J connectivity index is 0.000000257. The number of urea groups is 1. The fourth-order valence-corrected chi connectivity index (χ4v) is 2.58. The molecule has 10 heteroatoms. The van der Waals surface area contributed by atoms with E-state index in [1.807, 2.05) is 18.2 Å². The number of methoxy groups -OCH3 is 1. The smallest absolute Gasteiger partial charge is 0.493 e. The van der Waals surface area contributed by atoms with E-state index in [9.17, 15) is 19.8 Å². The van der Waals surface area contributed by atoms with E-state index in [1.165, 1.54) is 19.2 Å². The average Bonchev–Trinajstić information content (AvgIpc) is 3.01. The van der Waals surface area contributed by atoms with Gasteiger partial charge in [-0.15, -0.1) is 0 Å². The first-order valence-corrected chi connectivity index (χ1v) is 8.71. The van der Waals surface area contributed by atoms with E-state index in [0.717, 1.165) is 16.9 Å². The zero-order chi connectivity index (χ0) is 21.6. The molecule has 1 aromatic carbocycles. The topological polar surface area (TPSA) is 121 Å². The number of hydrogen-bond donors (Lipinski definition) is 3. The quantitative estimate of drug-likeness (QED) is 0.383. The minimum atomic E-state index is -2.63. The van der Waals surface area contributed by atoms with Crippen LogP contribution < -0.4 is 19.6 Å². The van der Waals surface area contributed by atoms with E-state index in [4.69, 9.17) is 14.2 Å². The molecular formula is C19H25N3O7. The lowest BCUT2D eigenvalue weighted by atomic mass is 9.92. The molecule has 1 aliphatic heterocycles. The summed E-state index contributed by atoms with van der Waals surface area (Å²) in [7, 11) is 6.20. The third kappa shape index (κ3) is 5.95. The summed E-state index contributed by atoms with van der Waals surface area (Å²) in [6.45, 7) is 0. The van der Waals surface area contributed by atoms with Crippen molar-refractivity contribution in [3.8, 4) is 17.2 Å². The summed E-state index contributed by atoms with van der Waals surface area (Å²) in [6.07, 6.45) is 6.81. The van der Waals surface area contributed by atoms with Crippen molar-refractivity contribution in [3.63, 3.8) is 0 Å². The van der Waals surface area contributed by atoms with Gasteiger partial charge in [0.2, 0.25) is 12.2 Å². The van der Waals surface area contributed by atoms with Crippen LogP contribution in [0.3, 0.4) is 0 Å². The van der Waals surface area contributed by atoms with E-state index in [2.05, 4.69) is 17.6 Å². The van der Waals surface area contributed by atoms with Crippen LogP contribution in [0.4, 0.5) is 4.79 Å². The van der Waals surface area contributed by atoms with Crippen LogP contribution >= 0.6 is 0 Å². The van der Waals surface area contributed by atoms with E-state index in [0.29, 0.717) is 12.2 Å². The number of rotatable bonds is 4. The van der Waals surface area contributed by atoms with Gasteiger partial charge in [-0.05, 0) is 24.1 Å². The van der Waals surface area contributed by atoms with Crippen LogP contribution in [-0.4, -0.2) is 67.0 Å². The summed E-state index contributed by atoms with van der Waals surface area (Å²) in [5.74, 6) is 1.09. The number of nitrogens with one attached hydrogen (secondary N) is 1. The average molecular weight is 407 g/mol. The first kappa shape index (κ1) is 22.2. The van der Waals surface area contributed by atoms with Crippen molar-refractivity contribution in [1.29, 1.82) is 0 Å². The van der Waals surface area contributed by atoms with Gasteiger partial charge in [-0.2, -0.15) is 0 Å². The second-order valence-electron chi connectivity index (χ2n) is 6.49. The Labute approximate surface area is 168 Å². The molecule has 0 aromatic heterocycles. The molecule has 0 radical (unpaired) electrons. The van der Waals surface area contributed by atoms with E-state index in [1.54, 1.807) is 20.2 Å². The summed E-state index contributed by atoms with van der Waals surface area (Å²) >= 11 is 0. The Kier molecular flexibility index (Phi) is 7.21. The second kappa shape index (κ2) is 9.41. The van der Waals surface area contributed by atoms with Crippen molar-refractivity contribution in [1.82, 2.24) is 15.3 Å². The third-order valence-corrected chi connectivity index (χ3v) is 3.95. The summed E-state index contributed by atoms with van der Waals surface area (Å²) < 4.78 is 15.0. The molecule has 1 aromatic rings. The van der Waals surface area contributed by atoms with Crippen LogP contribution in [0.15, 0.2) is 36.4 Å². The molecule has 1 atom stereocenters. The predicted octanol–water partition coefficient (Wildman–Crippen LogP) is 0.923. The Hall–Kier alpha value is -3.08. The van der Waals surface area contributed by atoms with Crippen LogP contribution in [0, 0.1) is 0 Å². The number of hydrazine groups is 1. The predicted molar refractivity (Wildman–Crippen MR) is 103 cm³/mol. The van der Waals surface area contributed by atoms with Gasteiger partial charge in [0.1, 0.15) is 0 Å². The minimum absolute atomic E-state index is 0.201. The summed E-state index contributed by atoms with van der Waals surface area (Å²) in [4.78, 5) is 21.6. The molecule has 158 valence electrons. The first-order valence-electron chi connectivity index (χ1n) is 8.71. The molecule has 0 saturated carbocycles. The van der Waals surface area contributed by atoms with Crippen LogP contribution in [0.5, 0.6) is 17.2 Å². The lowest BCUT2D eigenvalue weighted by Gasteiger charge is -2.15. The zero-order valence-corrected chi connectivity index (χ0v) is 16.7. The number of imide groups is 1. The van der Waals surface area contributed by atoms with E-state index >= 15 is 0 Å². The van der Waals surface area contributed by atoms with Crippen molar-refractivity contribution >= 4 is 12.4 Å². The number of amides is 3. The number of ether oxygens (including phenoxy) is 3. The molecule has 29 heavy (non-hydrogen) atoms. The molecule has 0 saturated heterocycles. The molecular weight excluding hydrogens is 382 g/mol. The number of carbonyl (C=O) groups is 2. The molecule has 10 nitrogen and oxygen atoms in total. The van der Waals surface area contributed by atoms with Gasteiger partial charge in [-0.3, -0.25) is 25.3 Å². The fourth-order valence-electron chi connectivity index (χ4n) is 2.58. The standard InChI is InChI=1S/C14H14O5.C5H11N3O2/c1-17-11-7-10(9-5-3-2-4-6-9)8-12-13(11)19-14(15,16)18-12;1-7(2)6-5(10)8(3)4-9/h2-5,7-9,15-16H,6H2,1H3;4H,1-3H3,(H,6,10). The number of fused-ring (bicyclic) bond motifs is 1. The molecule has 1 aliphatic carbocycles. The molecule has 1 unspecified atom stereocenters. The number of aliphatic hydroxyl groups is 2. The van der Waals surface area contributed by atoms with Gasteiger partial charge in [0, 0.05) is 27.1 Å². The monoisotopic (exact) mass is 407 g/mol. The van der Waals surface area contributed by atoms with Crippen molar-refractivity contribution in [3.05, 3.63) is 42.0 Å². The van der Waals surface area contributed by atoms with Gasteiger partial charge >= 0.3 is 12.2 Å². The van der Waals surface area contributed by atoms with Gasteiger partial charge in [0.25, 0.3) is 0 Å². The lowest BCUT2D eigenvalue weighted by molar-refractivity contribution is -0.385. The van der Waals surface area contributed by atoms with Crippen molar-refractivity contribution in [2.45, 2.75) is 18.5 Å². The van der Waals surface area contributed by atoms with Gasteiger partial charge in [-0.25, -0.2) is 9.80 Å². The molecule has 0 bridgehead atoms. The normalized spacial score (nSPS) is 18.0. The number of hydrogen-bond acceptors (Lipinski definition) is 8. The summed E-state index contributed by atoms with van der Waals surface area (Å²) in [6, 6.07) is 3.11. The van der Waals surface area contributed by atoms with E-state index in [-0.39, 0.29) is 17.4 Å². The minimum Gasteiger partial charge on any atom is -0.493 e. The summed E-state index contributed by atoms with van der Waals surface area (Å²) in [5.41, 5.74) is 3.35. The SMILES string of the molecule is CN(C)NC(=O)N(C)C=O.COc1cc(C2C=CC=CC2)cc2c1OC(O)(O)O2. The molecule has 0 spiro atoms. The Bertz CT molecular complexity index is 805. The Morgan fingerprint density at radius 2 is 2.00 bits per heavy atom. The maximum Gasteiger partial charge on any atom is 0.505 e.